The van der Waals surface area contributed by atoms with Crippen molar-refractivity contribution in [1.29, 1.82) is 0 Å². The quantitative estimate of drug-likeness (QED) is 0.653. The van der Waals surface area contributed by atoms with E-state index in [1.165, 1.54) is 5.56 Å². The summed E-state index contributed by atoms with van der Waals surface area (Å²) in [5.74, 6) is -0.131. The molecule has 3 aromatic rings. The van der Waals surface area contributed by atoms with Gasteiger partial charge < -0.3 is 10.0 Å². The van der Waals surface area contributed by atoms with E-state index >= 15 is 0 Å². The second-order valence-electron chi connectivity index (χ2n) is 7.61. The van der Waals surface area contributed by atoms with E-state index in [-0.39, 0.29) is 17.7 Å². The molecule has 0 radical (unpaired) electrons. The first-order valence-corrected chi connectivity index (χ1v) is 9.85. The summed E-state index contributed by atoms with van der Waals surface area (Å²) >= 11 is 0. The molecule has 0 saturated carbocycles. The van der Waals surface area contributed by atoms with Gasteiger partial charge in [0.15, 0.2) is 5.76 Å². The number of carbonyl (C=O) groups excluding carboxylic acids is 1. The fraction of sp³-hybridized carbons (Fsp3) is 0.200. The van der Waals surface area contributed by atoms with Crippen LogP contribution in [-0.2, 0) is 11.3 Å². The molecule has 0 bridgehead atoms. The van der Waals surface area contributed by atoms with Gasteiger partial charge in [0.2, 0.25) is 0 Å². The number of hydrogen-bond acceptors (Lipinski definition) is 3. The molecule has 0 aliphatic carbocycles. The molecule has 1 aliphatic heterocycles. The van der Waals surface area contributed by atoms with Gasteiger partial charge in [-0.15, -0.1) is 0 Å². The first kappa shape index (κ1) is 18.9. The van der Waals surface area contributed by atoms with Crippen LogP contribution in [-0.4, -0.2) is 20.9 Å². The highest BCUT2D eigenvalue weighted by Crippen LogP contribution is 2.43. The fourth-order valence-corrected chi connectivity index (χ4v) is 3.81. The zero-order valence-electron chi connectivity index (χ0n) is 16.6. The minimum absolute atomic E-state index is 0.190. The van der Waals surface area contributed by atoms with Crippen LogP contribution >= 0.6 is 0 Å². The third-order valence-electron chi connectivity index (χ3n) is 5.37. The highest BCUT2D eigenvalue weighted by Gasteiger charge is 2.41. The number of carbonyl (C=O) groups is 1. The van der Waals surface area contributed by atoms with Crippen LogP contribution in [0.4, 0.5) is 0 Å². The van der Waals surface area contributed by atoms with Crippen molar-refractivity contribution in [3.05, 3.63) is 107 Å². The number of aromatic nitrogens is 1. The zero-order chi connectivity index (χ0) is 20.4. The first-order valence-electron chi connectivity index (χ1n) is 9.85. The third-order valence-corrected chi connectivity index (χ3v) is 5.37. The molecule has 1 aromatic heterocycles. The Bertz CT molecular complexity index is 1030. The lowest BCUT2D eigenvalue weighted by Crippen LogP contribution is -2.30. The third kappa shape index (κ3) is 3.66. The Morgan fingerprint density at radius 1 is 0.966 bits per heavy atom. The molecule has 4 heteroatoms. The van der Waals surface area contributed by atoms with Gasteiger partial charge in [0.05, 0.1) is 18.3 Å². The van der Waals surface area contributed by atoms with Gasteiger partial charge in [-0.25, -0.2) is 0 Å². The number of nitrogens with zero attached hydrogens (tertiary/aromatic N) is 2. The molecule has 2 heterocycles. The molecule has 0 unspecified atom stereocenters. The van der Waals surface area contributed by atoms with Crippen LogP contribution in [0.15, 0.2) is 84.8 Å². The number of amides is 1. The normalized spacial score (nSPS) is 16.7. The van der Waals surface area contributed by atoms with Gasteiger partial charge in [-0.3, -0.25) is 9.78 Å². The molecule has 0 fully saturated rings. The summed E-state index contributed by atoms with van der Waals surface area (Å²) in [6.07, 6.45) is 1.72. The van der Waals surface area contributed by atoms with Crippen molar-refractivity contribution in [1.82, 2.24) is 9.88 Å². The zero-order valence-corrected chi connectivity index (χ0v) is 16.6. The van der Waals surface area contributed by atoms with Crippen LogP contribution in [0.25, 0.3) is 5.57 Å². The molecule has 146 valence electrons. The van der Waals surface area contributed by atoms with E-state index in [4.69, 9.17) is 0 Å². The molecule has 29 heavy (non-hydrogen) atoms. The number of benzene rings is 2. The first-order chi connectivity index (χ1) is 14.1. The Kier molecular flexibility index (Phi) is 5.17. The SMILES string of the molecule is CC(C)c1ccc([C@@H]2C(c3ccccc3)=C(O)C(=O)N2Cc2ccccn2)cc1. The Labute approximate surface area is 171 Å². The van der Waals surface area contributed by atoms with Crippen molar-refractivity contribution in [2.45, 2.75) is 32.4 Å². The molecule has 4 nitrogen and oxygen atoms in total. The fourth-order valence-electron chi connectivity index (χ4n) is 3.81. The Balaban J connectivity index is 1.80. The molecule has 0 saturated heterocycles. The molecule has 1 amide bonds. The smallest absolute Gasteiger partial charge is 0.290 e. The van der Waals surface area contributed by atoms with Gasteiger partial charge in [-0.1, -0.05) is 74.5 Å². The van der Waals surface area contributed by atoms with Crippen LogP contribution in [0.5, 0.6) is 0 Å². The lowest BCUT2D eigenvalue weighted by Gasteiger charge is -2.27. The van der Waals surface area contributed by atoms with E-state index in [0.29, 0.717) is 18.0 Å². The van der Waals surface area contributed by atoms with Gasteiger partial charge in [0, 0.05) is 11.8 Å². The standard InChI is InChI=1S/C25H24N2O2/c1-17(2)18-11-13-20(14-12-18)23-22(19-8-4-3-5-9-19)24(28)25(29)27(23)16-21-10-6-7-15-26-21/h3-15,17,23,28H,16H2,1-2H3/t23-/m1/s1. The van der Waals surface area contributed by atoms with E-state index in [0.717, 1.165) is 16.8 Å². The minimum atomic E-state index is -0.368. The van der Waals surface area contributed by atoms with Gasteiger partial charge in [0.1, 0.15) is 0 Å². The van der Waals surface area contributed by atoms with Crippen molar-refractivity contribution >= 4 is 11.5 Å². The van der Waals surface area contributed by atoms with E-state index in [1.54, 1.807) is 11.1 Å². The van der Waals surface area contributed by atoms with Crippen LogP contribution in [0.1, 0.15) is 48.2 Å². The van der Waals surface area contributed by atoms with Crippen LogP contribution in [0.2, 0.25) is 0 Å². The Morgan fingerprint density at radius 2 is 1.66 bits per heavy atom. The van der Waals surface area contributed by atoms with Crippen molar-refractivity contribution in [3.63, 3.8) is 0 Å². The predicted octanol–water partition coefficient (Wildman–Crippen LogP) is 5.26. The summed E-state index contributed by atoms with van der Waals surface area (Å²) < 4.78 is 0. The second kappa shape index (κ2) is 7.92. The average Bonchev–Trinajstić information content (AvgIpc) is 3.00. The van der Waals surface area contributed by atoms with E-state index in [1.807, 2.05) is 48.5 Å². The van der Waals surface area contributed by atoms with Crippen LogP contribution in [0, 0.1) is 0 Å². The van der Waals surface area contributed by atoms with Gasteiger partial charge in [-0.05, 0) is 34.7 Å². The summed E-state index contributed by atoms with van der Waals surface area (Å²) in [6, 6.07) is 23.2. The summed E-state index contributed by atoms with van der Waals surface area (Å²) in [4.78, 5) is 19.1. The van der Waals surface area contributed by atoms with Crippen molar-refractivity contribution in [2.24, 2.45) is 0 Å². The molecule has 1 atom stereocenters. The van der Waals surface area contributed by atoms with Gasteiger partial charge >= 0.3 is 0 Å². The molecule has 1 N–H and O–H groups in total. The molecule has 0 spiro atoms. The van der Waals surface area contributed by atoms with Crippen molar-refractivity contribution < 1.29 is 9.90 Å². The molecule has 4 rings (SSSR count). The summed E-state index contributed by atoms with van der Waals surface area (Å²) in [5, 5.41) is 10.8. The largest absolute Gasteiger partial charge is 0.503 e. The van der Waals surface area contributed by atoms with Gasteiger partial charge in [0.25, 0.3) is 5.91 Å². The van der Waals surface area contributed by atoms with Crippen LogP contribution < -0.4 is 0 Å². The minimum Gasteiger partial charge on any atom is -0.503 e. The topological polar surface area (TPSA) is 53.4 Å². The Hall–Kier alpha value is -3.40. The molecular formula is C25H24N2O2. The monoisotopic (exact) mass is 384 g/mol. The summed E-state index contributed by atoms with van der Waals surface area (Å²) in [5.41, 5.74) is 4.49. The number of hydrogen-bond donors (Lipinski definition) is 1. The summed E-state index contributed by atoms with van der Waals surface area (Å²) in [6.45, 7) is 4.64. The van der Waals surface area contributed by atoms with Crippen LogP contribution in [0.3, 0.4) is 0 Å². The second-order valence-corrected chi connectivity index (χ2v) is 7.61. The van der Waals surface area contributed by atoms with E-state index in [2.05, 4.69) is 43.1 Å². The summed E-state index contributed by atoms with van der Waals surface area (Å²) in [7, 11) is 0. The lowest BCUT2D eigenvalue weighted by atomic mass is 9.92. The number of pyridine rings is 1. The number of aliphatic hydroxyl groups is 1. The maximum absolute atomic E-state index is 13.0. The maximum atomic E-state index is 13.0. The highest BCUT2D eigenvalue weighted by molar-refractivity contribution is 6.05. The lowest BCUT2D eigenvalue weighted by molar-refractivity contribution is -0.130. The van der Waals surface area contributed by atoms with E-state index in [9.17, 15) is 9.90 Å². The number of rotatable bonds is 5. The average molecular weight is 384 g/mol. The van der Waals surface area contributed by atoms with Crippen molar-refractivity contribution in [2.75, 3.05) is 0 Å². The molecular weight excluding hydrogens is 360 g/mol. The van der Waals surface area contributed by atoms with E-state index < -0.39 is 0 Å². The van der Waals surface area contributed by atoms with Crippen molar-refractivity contribution in [3.8, 4) is 0 Å². The number of aliphatic hydroxyl groups excluding tert-OH is 1. The highest BCUT2D eigenvalue weighted by atomic mass is 16.3. The molecule has 2 aromatic carbocycles. The predicted molar refractivity (Wildman–Crippen MR) is 114 cm³/mol. The maximum Gasteiger partial charge on any atom is 0.290 e. The Morgan fingerprint density at radius 3 is 2.28 bits per heavy atom. The molecule has 1 aliphatic rings. The van der Waals surface area contributed by atoms with Gasteiger partial charge in [-0.2, -0.15) is 0 Å².